The van der Waals surface area contributed by atoms with E-state index in [1.165, 1.54) is 6.92 Å². The molecule has 0 aromatic rings. The fourth-order valence-electron chi connectivity index (χ4n) is 1.28. The molecule has 0 bridgehead atoms. The molecular formula is C8H18O11S4. The van der Waals surface area contributed by atoms with Gasteiger partial charge in [0.15, 0.2) is 0 Å². The Labute approximate surface area is 136 Å². The van der Waals surface area contributed by atoms with Crippen LogP contribution in [0.5, 0.6) is 0 Å². The molecule has 23 heavy (non-hydrogen) atoms. The summed E-state index contributed by atoms with van der Waals surface area (Å²) in [5.41, 5.74) is 0. The number of rotatable bonds is 12. The van der Waals surface area contributed by atoms with Crippen molar-refractivity contribution in [1.82, 2.24) is 0 Å². The quantitative estimate of drug-likeness (QED) is 0.360. The van der Waals surface area contributed by atoms with Crippen LogP contribution in [-0.2, 0) is 52.2 Å². The van der Waals surface area contributed by atoms with E-state index in [1.807, 2.05) is 0 Å². The highest BCUT2D eigenvalue weighted by Gasteiger charge is 2.23. The highest BCUT2D eigenvalue weighted by atomic mass is 32.3. The summed E-state index contributed by atoms with van der Waals surface area (Å²) in [4.78, 5) is 0. The third-order valence-corrected chi connectivity index (χ3v) is 7.38. The van der Waals surface area contributed by atoms with Crippen LogP contribution >= 0.6 is 0 Å². The first-order valence-electron chi connectivity index (χ1n) is 6.15. The lowest BCUT2D eigenvalue weighted by Crippen LogP contribution is -2.19. The van der Waals surface area contributed by atoms with E-state index in [0.29, 0.717) is 6.26 Å². The molecule has 0 radical (unpaired) electrons. The van der Waals surface area contributed by atoms with Gasteiger partial charge < -0.3 is 0 Å². The van der Waals surface area contributed by atoms with E-state index in [2.05, 4.69) is 11.4 Å². The number of hydrogen-bond donors (Lipinski definition) is 0. The minimum Gasteiger partial charge on any atom is -0.248 e. The fourth-order valence-corrected chi connectivity index (χ4v) is 5.91. The van der Waals surface area contributed by atoms with E-state index >= 15 is 0 Å². The Kier molecular flexibility index (Phi) is 8.56. The van der Waals surface area contributed by atoms with Crippen molar-refractivity contribution < 1.29 is 45.1 Å². The Morgan fingerprint density at radius 2 is 1.13 bits per heavy atom. The molecule has 0 spiro atoms. The molecule has 0 fully saturated rings. The van der Waals surface area contributed by atoms with Crippen molar-refractivity contribution in [2.24, 2.45) is 0 Å². The first kappa shape index (κ1) is 22.7. The molecule has 0 heterocycles. The Bertz CT molecular complexity index is 773. The maximum absolute atomic E-state index is 11.4. The summed E-state index contributed by atoms with van der Waals surface area (Å²) in [6.07, 6.45) is 0.459. The van der Waals surface area contributed by atoms with Crippen LogP contribution in [0.25, 0.3) is 0 Å². The summed E-state index contributed by atoms with van der Waals surface area (Å²) < 4.78 is 100. The largest absolute Gasteiger partial charge is 0.414 e. The van der Waals surface area contributed by atoms with Gasteiger partial charge in [-0.1, -0.05) is 6.42 Å². The van der Waals surface area contributed by atoms with Gasteiger partial charge in [-0.2, -0.15) is 33.7 Å². The van der Waals surface area contributed by atoms with Gasteiger partial charge in [-0.25, -0.2) is 4.18 Å². The molecule has 0 atom stereocenters. The second kappa shape index (κ2) is 8.68. The molecule has 11 nitrogen and oxygen atoms in total. The fraction of sp³-hybridized carbons (Fsp3) is 1.00. The molecule has 0 saturated carbocycles. The minimum absolute atomic E-state index is 0.0592. The SMILES string of the molecule is CCOS(=O)(=O)OS(=O)(=O)CCCCCS(=O)(=O)OS(C)(=O)=O. The van der Waals surface area contributed by atoms with Gasteiger partial charge in [0.2, 0.25) is 0 Å². The van der Waals surface area contributed by atoms with Gasteiger partial charge in [-0.3, -0.25) is 0 Å². The molecule has 0 aliphatic heterocycles. The third kappa shape index (κ3) is 12.7. The van der Waals surface area contributed by atoms with Crippen LogP contribution in [0, 0.1) is 0 Å². The van der Waals surface area contributed by atoms with Crippen LogP contribution in [0.3, 0.4) is 0 Å². The average Bonchev–Trinajstić information content (AvgIpc) is 2.22. The normalized spacial score (nSPS) is 14.0. The molecule has 0 N–H and O–H groups in total. The zero-order valence-corrected chi connectivity index (χ0v) is 15.6. The summed E-state index contributed by atoms with van der Waals surface area (Å²) in [6.45, 7) is 1.03. The van der Waals surface area contributed by atoms with Gasteiger partial charge in [0, 0.05) is 0 Å². The van der Waals surface area contributed by atoms with E-state index in [1.54, 1.807) is 0 Å². The van der Waals surface area contributed by atoms with Crippen molar-refractivity contribution in [3.05, 3.63) is 0 Å². The van der Waals surface area contributed by atoms with Crippen molar-refractivity contribution >= 4 is 40.8 Å². The van der Waals surface area contributed by atoms with Crippen LogP contribution in [0.2, 0.25) is 0 Å². The van der Waals surface area contributed by atoms with Crippen molar-refractivity contribution in [3.8, 4) is 0 Å². The van der Waals surface area contributed by atoms with Crippen LogP contribution in [-0.4, -0.2) is 58.0 Å². The highest BCUT2D eigenvalue weighted by molar-refractivity contribution is 7.99. The second-order valence-corrected chi connectivity index (χ2v) is 10.8. The van der Waals surface area contributed by atoms with E-state index in [-0.39, 0.29) is 25.9 Å². The van der Waals surface area contributed by atoms with Gasteiger partial charge in [0.25, 0.3) is 30.4 Å². The van der Waals surface area contributed by atoms with Gasteiger partial charge in [0.05, 0.1) is 24.4 Å². The molecule has 15 heteroatoms. The molecular weight excluding hydrogens is 400 g/mol. The Hall–Kier alpha value is -0.320. The predicted molar refractivity (Wildman–Crippen MR) is 79.0 cm³/mol. The molecule has 0 aromatic heterocycles. The monoisotopic (exact) mass is 418 g/mol. The van der Waals surface area contributed by atoms with Crippen molar-refractivity contribution in [2.75, 3.05) is 24.4 Å². The van der Waals surface area contributed by atoms with Crippen LogP contribution in [0.1, 0.15) is 26.2 Å². The van der Waals surface area contributed by atoms with Crippen molar-refractivity contribution in [2.45, 2.75) is 26.2 Å². The van der Waals surface area contributed by atoms with Crippen LogP contribution < -0.4 is 0 Å². The van der Waals surface area contributed by atoms with E-state index in [4.69, 9.17) is 0 Å². The molecule has 0 amide bonds. The van der Waals surface area contributed by atoms with Crippen molar-refractivity contribution in [3.63, 3.8) is 0 Å². The predicted octanol–water partition coefficient (Wildman–Crippen LogP) is -0.910. The topological polar surface area (TPSA) is 164 Å². The van der Waals surface area contributed by atoms with E-state index in [0.717, 1.165) is 0 Å². The van der Waals surface area contributed by atoms with Gasteiger partial charge in [0.1, 0.15) is 0 Å². The van der Waals surface area contributed by atoms with Gasteiger partial charge >= 0.3 is 10.4 Å². The van der Waals surface area contributed by atoms with E-state index < -0.39 is 52.3 Å². The molecule has 0 saturated heterocycles. The van der Waals surface area contributed by atoms with Gasteiger partial charge in [-0.15, -0.1) is 7.26 Å². The minimum atomic E-state index is -4.65. The maximum Gasteiger partial charge on any atom is 0.414 e. The second-order valence-electron chi connectivity index (χ2n) is 4.24. The van der Waals surface area contributed by atoms with Crippen LogP contribution in [0.4, 0.5) is 0 Å². The summed E-state index contributed by atoms with van der Waals surface area (Å²) >= 11 is 0. The standard InChI is InChI=1S/C8H18O11S4/c1-3-17-23(15,16)19-22(13,14)8-6-4-5-7-21(11,12)18-20(2,9)10/h3-8H2,1-2H3. The lowest BCUT2D eigenvalue weighted by atomic mass is 10.3. The maximum atomic E-state index is 11.4. The summed E-state index contributed by atoms with van der Waals surface area (Å²) in [6, 6.07) is 0. The first-order chi connectivity index (χ1) is 10.2. The average molecular weight is 418 g/mol. The van der Waals surface area contributed by atoms with Crippen molar-refractivity contribution in [1.29, 1.82) is 0 Å². The molecule has 140 valence electrons. The molecule has 0 aromatic carbocycles. The smallest absolute Gasteiger partial charge is 0.248 e. The Morgan fingerprint density at radius 1 is 0.696 bits per heavy atom. The molecule has 0 unspecified atom stereocenters. The summed E-state index contributed by atoms with van der Waals surface area (Å²) in [5.74, 6) is -1.30. The van der Waals surface area contributed by atoms with Crippen LogP contribution in [0.15, 0.2) is 0 Å². The molecule has 0 aliphatic rings. The molecule has 0 rings (SSSR count). The zero-order valence-electron chi connectivity index (χ0n) is 12.4. The zero-order chi connectivity index (χ0) is 18.4. The van der Waals surface area contributed by atoms with Gasteiger partial charge in [-0.05, 0) is 19.8 Å². The Morgan fingerprint density at radius 3 is 1.52 bits per heavy atom. The van der Waals surface area contributed by atoms with E-state index in [9.17, 15) is 33.7 Å². The number of unbranched alkanes of at least 4 members (excludes halogenated alkanes) is 2. The Balaban J connectivity index is 4.27. The lowest BCUT2D eigenvalue weighted by Gasteiger charge is -2.05. The first-order valence-corrected chi connectivity index (χ1v) is 12.5. The summed E-state index contributed by atoms with van der Waals surface area (Å²) in [5, 5.41) is 0. The highest BCUT2D eigenvalue weighted by Crippen LogP contribution is 2.09. The third-order valence-electron chi connectivity index (χ3n) is 1.97. The summed E-state index contributed by atoms with van der Waals surface area (Å²) in [7, 11) is -17.5. The number of hydrogen-bond acceptors (Lipinski definition) is 11. The lowest BCUT2D eigenvalue weighted by molar-refractivity contribution is 0.289. The molecule has 0 aliphatic carbocycles.